The van der Waals surface area contributed by atoms with Gasteiger partial charge in [0.25, 0.3) is 5.56 Å². The van der Waals surface area contributed by atoms with E-state index >= 15 is 0 Å². The maximum Gasteiger partial charge on any atom is 0.270 e. The van der Waals surface area contributed by atoms with E-state index in [2.05, 4.69) is 5.10 Å². The molecule has 1 heterocycles. The number of halogens is 1. The smallest absolute Gasteiger partial charge is 0.270 e. The van der Waals surface area contributed by atoms with Crippen molar-refractivity contribution in [2.75, 3.05) is 0 Å². The van der Waals surface area contributed by atoms with Crippen LogP contribution >= 0.6 is 0 Å². The molecule has 0 spiro atoms. The number of hydrogen-bond donors (Lipinski definition) is 1. The highest BCUT2D eigenvalue weighted by Crippen LogP contribution is 2.16. The highest BCUT2D eigenvalue weighted by Gasteiger charge is 2.16. The van der Waals surface area contributed by atoms with Crippen molar-refractivity contribution >= 4 is 0 Å². The summed E-state index contributed by atoms with van der Waals surface area (Å²) in [6.45, 7) is 0.406. The molecule has 3 rings (SSSR count). The minimum absolute atomic E-state index is 0.0566. The van der Waals surface area contributed by atoms with Gasteiger partial charge in [0, 0.05) is 11.3 Å². The SMILES string of the molecule is O=c1c2c([nH]n1Cc1cccc(F)c1)CCCCC2. The largest absolute Gasteiger partial charge is 0.299 e. The molecule has 0 bridgehead atoms. The Labute approximate surface area is 111 Å². The van der Waals surface area contributed by atoms with Crippen LogP contribution in [0.5, 0.6) is 0 Å². The number of benzene rings is 1. The van der Waals surface area contributed by atoms with Gasteiger partial charge in [-0.15, -0.1) is 0 Å². The van der Waals surface area contributed by atoms with Gasteiger partial charge < -0.3 is 0 Å². The van der Waals surface area contributed by atoms with Crippen LogP contribution in [0, 0.1) is 5.82 Å². The lowest BCUT2D eigenvalue weighted by molar-refractivity contribution is 0.609. The van der Waals surface area contributed by atoms with E-state index in [1.165, 1.54) is 18.6 Å². The lowest BCUT2D eigenvalue weighted by atomic mass is 10.1. The van der Waals surface area contributed by atoms with Gasteiger partial charge in [-0.25, -0.2) is 9.07 Å². The zero-order valence-corrected chi connectivity index (χ0v) is 10.8. The molecule has 3 nitrogen and oxygen atoms in total. The molecule has 1 aliphatic rings. The Hall–Kier alpha value is -1.84. The second kappa shape index (κ2) is 5.03. The minimum atomic E-state index is -0.265. The van der Waals surface area contributed by atoms with Crippen LogP contribution < -0.4 is 5.56 Å². The summed E-state index contributed by atoms with van der Waals surface area (Å²) in [7, 11) is 0. The lowest BCUT2D eigenvalue weighted by Crippen LogP contribution is -2.19. The molecule has 0 unspecified atom stereocenters. The molecule has 0 fully saturated rings. The average molecular weight is 260 g/mol. The van der Waals surface area contributed by atoms with E-state index in [0.29, 0.717) is 6.54 Å². The van der Waals surface area contributed by atoms with Crippen LogP contribution in [0.25, 0.3) is 0 Å². The second-order valence-corrected chi connectivity index (χ2v) is 5.15. The van der Waals surface area contributed by atoms with E-state index in [1.807, 2.05) is 6.07 Å². The first kappa shape index (κ1) is 12.2. The van der Waals surface area contributed by atoms with Gasteiger partial charge in [-0.2, -0.15) is 0 Å². The fraction of sp³-hybridized carbons (Fsp3) is 0.400. The average Bonchev–Trinajstić information content (AvgIpc) is 2.58. The molecule has 19 heavy (non-hydrogen) atoms. The number of hydrogen-bond acceptors (Lipinski definition) is 1. The molecule has 0 atom stereocenters. The Kier molecular flexibility index (Phi) is 3.23. The zero-order valence-electron chi connectivity index (χ0n) is 10.8. The van der Waals surface area contributed by atoms with Gasteiger partial charge in [0.05, 0.1) is 6.54 Å². The van der Waals surface area contributed by atoms with E-state index in [4.69, 9.17) is 0 Å². The predicted octanol–water partition coefficient (Wildman–Crippen LogP) is 2.63. The second-order valence-electron chi connectivity index (χ2n) is 5.15. The first-order valence-corrected chi connectivity index (χ1v) is 6.79. The topological polar surface area (TPSA) is 37.8 Å². The van der Waals surface area contributed by atoms with Gasteiger partial charge in [0.1, 0.15) is 5.82 Å². The van der Waals surface area contributed by atoms with Crippen molar-refractivity contribution in [2.45, 2.75) is 38.6 Å². The quantitative estimate of drug-likeness (QED) is 0.828. The van der Waals surface area contributed by atoms with Gasteiger partial charge in [-0.05, 0) is 43.4 Å². The maximum atomic E-state index is 13.2. The third-order valence-corrected chi connectivity index (χ3v) is 3.72. The Morgan fingerprint density at radius 2 is 2.05 bits per heavy atom. The normalized spacial score (nSPS) is 15.0. The van der Waals surface area contributed by atoms with E-state index in [-0.39, 0.29) is 11.4 Å². The predicted molar refractivity (Wildman–Crippen MR) is 71.8 cm³/mol. The maximum absolute atomic E-state index is 13.2. The number of aromatic amines is 1. The van der Waals surface area contributed by atoms with Gasteiger partial charge in [0.15, 0.2) is 0 Å². The molecular weight excluding hydrogens is 243 g/mol. The molecule has 1 aromatic heterocycles. The number of H-pyrrole nitrogens is 1. The molecule has 2 aromatic rings. The van der Waals surface area contributed by atoms with E-state index in [1.54, 1.807) is 10.7 Å². The molecule has 0 amide bonds. The van der Waals surface area contributed by atoms with E-state index in [9.17, 15) is 9.18 Å². The molecule has 100 valence electrons. The summed E-state index contributed by atoms with van der Waals surface area (Å²) in [6, 6.07) is 6.39. The van der Waals surface area contributed by atoms with Crippen LogP contribution in [0.2, 0.25) is 0 Å². The molecular formula is C15H17FN2O. The fourth-order valence-electron chi connectivity index (χ4n) is 2.75. The summed E-state index contributed by atoms with van der Waals surface area (Å²) in [5.41, 5.74) is 2.85. The van der Waals surface area contributed by atoms with Crippen molar-refractivity contribution in [2.24, 2.45) is 0 Å². The Balaban J connectivity index is 1.92. The van der Waals surface area contributed by atoms with Gasteiger partial charge >= 0.3 is 0 Å². The third kappa shape index (κ3) is 2.48. The number of rotatable bonds is 2. The fourth-order valence-corrected chi connectivity index (χ4v) is 2.75. The van der Waals surface area contributed by atoms with Gasteiger partial charge in [-0.1, -0.05) is 18.6 Å². The van der Waals surface area contributed by atoms with Crippen LogP contribution in [-0.2, 0) is 19.4 Å². The van der Waals surface area contributed by atoms with Crippen molar-refractivity contribution < 1.29 is 4.39 Å². The monoisotopic (exact) mass is 260 g/mol. The van der Waals surface area contributed by atoms with Crippen LogP contribution in [0.15, 0.2) is 29.1 Å². The molecule has 1 aromatic carbocycles. The summed E-state index contributed by atoms with van der Waals surface area (Å²) in [4.78, 5) is 12.3. The Bertz CT molecular complexity index is 642. The van der Waals surface area contributed by atoms with Crippen molar-refractivity contribution in [1.82, 2.24) is 9.78 Å². The first-order chi connectivity index (χ1) is 9.24. The van der Waals surface area contributed by atoms with Crippen LogP contribution in [-0.4, -0.2) is 9.78 Å². The lowest BCUT2D eigenvalue weighted by Gasteiger charge is -2.03. The van der Waals surface area contributed by atoms with Crippen molar-refractivity contribution in [3.63, 3.8) is 0 Å². The molecule has 0 radical (unpaired) electrons. The molecule has 0 saturated heterocycles. The standard InChI is InChI=1S/C15H17FN2O/c16-12-6-4-5-11(9-12)10-18-15(19)13-7-2-1-3-8-14(13)17-18/h4-6,9,17H,1-3,7-8,10H2. The van der Waals surface area contributed by atoms with E-state index in [0.717, 1.165) is 42.5 Å². The van der Waals surface area contributed by atoms with Crippen LogP contribution in [0.1, 0.15) is 36.1 Å². The summed E-state index contributed by atoms with van der Waals surface area (Å²) in [5, 5.41) is 3.19. The number of aryl methyl sites for hydroxylation is 1. The number of fused-ring (bicyclic) bond motifs is 1. The van der Waals surface area contributed by atoms with Crippen molar-refractivity contribution in [3.05, 3.63) is 57.3 Å². The molecule has 4 heteroatoms. The van der Waals surface area contributed by atoms with E-state index < -0.39 is 0 Å². The number of aromatic nitrogens is 2. The van der Waals surface area contributed by atoms with Crippen molar-refractivity contribution in [1.29, 1.82) is 0 Å². The molecule has 1 N–H and O–H groups in total. The van der Waals surface area contributed by atoms with Gasteiger partial charge in [-0.3, -0.25) is 9.89 Å². The van der Waals surface area contributed by atoms with Crippen LogP contribution in [0.4, 0.5) is 4.39 Å². The number of nitrogens with zero attached hydrogens (tertiary/aromatic N) is 1. The van der Waals surface area contributed by atoms with Crippen molar-refractivity contribution in [3.8, 4) is 0 Å². The third-order valence-electron chi connectivity index (χ3n) is 3.72. The molecule has 1 aliphatic carbocycles. The summed E-state index contributed by atoms with van der Waals surface area (Å²) in [5.74, 6) is -0.265. The summed E-state index contributed by atoms with van der Waals surface area (Å²) in [6.07, 6.45) is 5.21. The minimum Gasteiger partial charge on any atom is -0.299 e. The Morgan fingerprint density at radius 1 is 1.21 bits per heavy atom. The van der Waals surface area contributed by atoms with Gasteiger partial charge in [0.2, 0.25) is 0 Å². The number of nitrogens with one attached hydrogen (secondary N) is 1. The molecule has 0 aliphatic heterocycles. The first-order valence-electron chi connectivity index (χ1n) is 6.79. The highest BCUT2D eigenvalue weighted by molar-refractivity contribution is 5.21. The Morgan fingerprint density at radius 3 is 2.89 bits per heavy atom. The van der Waals surface area contributed by atoms with Crippen LogP contribution in [0.3, 0.4) is 0 Å². The summed E-state index contributed by atoms with van der Waals surface area (Å²) >= 11 is 0. The highest BCUT2D eigenvalue weighted by atomic mass is 19.1. The zero-order chi connectivity index (χ0) is 13.2. The summed E-state index contributed by atoms with van der Waals surface area (Å²) < 4.78 is 14.8. The molecule has 0 saturated carbocycles.